The highest BCUT2D eigenvalue weighted by molar-refractivity contribution is 5.79. The molecular weight excluding hydrogens is 241 g/mol. The zero-order valence-corrected chi connectivity index (χ0v) is 9.33. The number of hydrogen-bond acceptors (Lipinski definition) is 2. The summed E-state index contributed by atoms with van der Waals surface area (Å²) in [6.45, 7) is 0. The van der Waals surface area contributed by atoms with Gasteiger partial charge in [0.25, 0.3) is 0 Å². The van der Waals surface area contributed by atoms with Gasteiger partial charge >= 0.3 is 6.18 Å². The molecule has 0 heterocycles. The molecule has 0 amide bonds. The number of rotatable bonds is 1. The fourth-order valence-electron chi connectivity index (χ4n) is 1.69. The molecule has 0 aromatic heterocycles. The molecule has 0 radical (unpaired) electrons. The lowest BCUT2D eigenvalue weighted by molar-refractivity contribution is -0.137. The van der Waals surface area contributed by atoms with Gasteiger partial charge in [-0.1, -0.05) is 12.1 Å². The Hall–Kier alpha value is -2.17. The van der Waals surface area contributed by atoms with Gasteiger partial charge < -0.3 is 11.5 Å². The summed E-state index contributed by atoms with van der Waals surface area (Å²) >= 11 is 0. The van der Waals surface area contributed by atoms with Crippen LogP contribution in [-0.2, 0) is 6.18 Å². The van der Waals surface area contributed by atoms with Gasteiger partial charge in [0, 0.05) is 16.9 Å². The summed E-state index contributed by atoms with van der Waals surface area (Å²) in [5.74, 6) is 0. The van der Waals surface area contributed by atoms with Gasteiger partial charge in [0.1, 0.15) is 0 Å². The molecule has 4 N–H and O–H groups in total. The van der Waals surface area contributed by atoms with Crippen LogP contribution in [0.3, 0.4) is 0 Å². The summed E-state index contributed by atoms with van der Waals surface area (Å²) in [6.07, 6.45) is -4.37. The Bertz CT molecular complexity index is 577. The van der Waals surface area contributed by atoms with Gasteiger partial charge in [-0.05, 0) is 35.9 Å². The minimum absolute atomic E-state index is 0.392. The number of halogens is 3. The number of benzene rings is 2. The normalized spacial score (nSPS) is 11.5. The van der Waals surface area contributed by atoms with Crippen molar-refractivity contribution in [2.75, 3.05) is 11.5 Å². The minimum atomic E-state index is -4.37. The van der Waals surface area contributed by atoms with Crippen LogP contribution in [0.1, 0.15) is 5.56 Å². The third kappa shape index (κ3) is 2.40. The fraction of sp³-hybridized carbons (Fsp3) is 0.0769. The van der Waals surface area contributed by atoms with Gasteiger partial charge in [-0.25, -0.2) is 0 Å². The number of hydrogen-bond donors (Lipinski definition) is 2. The van der Waals surface area contributed by atoms with Gasteiger partial charge in [-0.3, -0.25) is 0 Å². The lowest BCUT2D eigenvalue weighted by Crippen LogP contribution is -2.04. The molecule has 0 spiro atoms. The molecule has 0 saturated carbocycles. The molecule has 2 rings (SSSR count). The van der Waals surface area contributed by atoms with Crippen molar-refractivity contribution in [2.24, 2.45) is 0 Å². The summed E-state index contributed by atoms with van der Waals surface area (Å²) in [5, 5.41) is 0. The lowest BCUT2D eigenvalue weighted by Gasteiger charge is -2.11. The van der Waals surface area contributed by atoms with E-state index in [0.29, 0.717) is 22.5 Å². The van der Waals surface area contributed by atoms with Crippen LogP contribution in [0.4, 0.5) is 24.5 Å². The first-order valence-corrected chi connectivity index (χ1v) is 5.20. The largest absolute Gasteiger partial charge is 0.416 e. The maximum atomic E-state index is 12.6. The van der Waals surface area contributed by atoms with Crippen LogP contribution in [-0.4, -0.2) is 0 Å². The van der Waals surface area contributed by atoms with E-state index in [1.54, 1.807) is 24.3 Å². The van der Waals surface area contributed by atoms with Crippen molar-refractivity contribution in [3.63, 3.8) is 0 Å². The van der Waals surface area contributed by atoms with Crippen molar-refractivity contribution >= 4 is 11.4 Å². The van der Waals surface area contributed by atoms with Crippen LogP contribution in [0.2, 0.25) is 0 Å². The first-order chi connectivity index (χ1) is 8.38. The molecule has 0 unspecified atom stereocenters. The number of nitrogen functional groups attached to an aromatic ring is 2. The van der Waals surface area contributed by atoms with Gasteiger partial charge in [0.15, 0.2) is 0 Å². The van der Waals surface area contributed by atoms with Gasteiger partial charge in [0.05, 0.1) is 5.56 Å². The first kappa shape index (κ1) is 12.3. The highest BCUT2D eigenvalue weighted by atomic mass is 19.4. The fourth-order valence-corrected chi connectivity index (χ4v) is 1.69. The minimum Gasteiger partial charge on any atom is -0.399 e. The molecular formula is C13H11F3N2. The molecule has 0 aliphatic carbocycles. The van der Waals surface area contributed by atoms with Crippen LogP contribution < -0.4 is 11.5 Å². The van der Waals surface area contributed by atoms with E-state index >= 15 is 0 Å². The van der Waals surface area contributed by atoms with E-state index in [9.17, 15) is 13.2 Å². The van der Waals surface area contributed by atoms with Crippen LogP contribution in [0.15, 0.2) is 42.5 Å². The molecule has 94 valence electrons. The predicted molar refractivity (Wildman–Crippen MR) is 65.7 cm³/mol. The molecule has 2 aromatic rings. The van der Waals surface area contributed by atoms with Crippen LogP contribution in [0.5, 0.6) is 0 Å². The Labute approximate surface area is 102 Å². The Balaban J connectivity index is 2.55. The van der Waals surface area contributed by atoms with Crippen LogP contribution in [0, 0.1) is 0 Å². The molecule has 0 bridgehead atoms. The summed E-state index contributed by atoms with van der Waals surface area (Å²) in [5.41, 5.74) is 12.4. The molecule has 2 nitrogen and oxygen atoms in total. The average Bonchev–Trinajstić information content (AvgIpc) is 2.31. The van der Waals surface area contributed by atoms with E-state index in [-0.39, 0.29) is 0 Å². The predicted octanol–water partition coefficient (Wildman–Crippen LogP) is 3.54. The summed E-state index contributed by atoms with van der Waals surface area (Å²) in [4.78, 5) is 0. The van der Waals surface area contributed by atoms with Gasteiger partial charge in [0.2, 0.25) is 0 Å². The second-order valence-electron chi connectivity index (χ2n) is 3.93. The Kier molecular flexibility index (Phi) is 2.90. The molecule has 0 aliphatic heterocycles. The highest BCUT2D eigenvalue weighted by Crippen LogP contribution is 2.34. The molecule has 0 fully saturated rings. The average molecular weight is 252 g/mol. The number of alkyl halides is 3. The smallest absolute Gasteiger partial charge is 0.399 e. The third-order valence-corrected chi connectivity index (χ3v) is 2.58. The van der Waals surface area contributed by atoms with Crippen LogP contribution >= 0.6 is 0 Å². The second kappa shape index (κ2) is 4.25. The lowest BCUT2D eigenvalue weighted by atomic mass is 10.0. The monoisotopic (exact) mass is 252 g/mol. The van der Waals surface area contributed by atoms with E-state index in [4.69, 9.17) is 11.5 Å². The standard InChI is InChI=1S/C13H11F3N2/c14-13(15,16)9-3-1-2-8(6-9)11-7-10(17)4-5-12(11)18/h1-7H,17-18H2. The van der Waals surface area contributed by atoms with Crippen LogP contribution in [0.25, 0.3) is 11.1 Å². The molecule has 2 aromatic carbocycles. The van der Waals surface area contributed by atoms with E-state index in [1.807, 2.05) is 0 Å². The van der Waals surface area contributed by atoms with Crippen molar-refractivity contribution in [1.29, 1.82) is 0 Å². The molecule has 0 saturated heterocycles. The van der Waals surface area contributed by atoms with Crippen molar-refractivity contribution < 1.29 is 13.2 Å². The van der Waals surface area contributed by atoms with Gasteiger partial charge in [-0.2, -0.15) is 13.2 Å². The Morgan fingerprint density at radius 2 is 1.61 bits per heavy atom. The van der Waals surface area contributed by atoms with E-state index in [1.165, 1.54) is 6.07 Å². The van der Waals surface area contributed by atoms with Crippen molar-refractivity contribution in [2.45, 2.75) is 6.18 Å². The van der Waals surface area contributed by atoms with Crippen molar-refractivity contribution in [1.82, 2.24) is 0 Å². The SMILES string of the molecule is Nc1ccc(N)c(-c2cccc(C(F)(F)F)c2)c1. The Morgan fingerprint density at radius 1 is 0.889 bits per heavy atom. The summed E-state index contributed by atoms with van der Waals surface area (Å²) < 4.78 is 37.8. The number of nitrogens with two attached hydrogens (primary N) is 2. The Morgan fingerprint density at radius 3 is 2.28 bits per heavy atom. The van der Waals surface area contributed by atoms with Crippen molar-refractivity contribution in [3.8, 4) is 11.1 Å². The van der Waals surface area contributed by atoms with E-state index in [2.05, 4.69) is 0 Å². The first-order valence-electron chi connectivity index (χ1n) is 5.20. The molecule has 18 heavy (non-hydrogen) atoms. The summed E-state index contributed by atoms with van der Waals surface area (Å²) in [6, 6.07) is 9.74. The van der Waals surface area contributed by atoms with Crippen molar-refractivity contribution in [3.05, 3.63) is 48.0 Å². The molecule has 5 heteroatoms. The highest BCUT2D eigenvalue weighted by Gasteiger charge is 2.30. The maximum absolute atomic E-state index is 12.6. The zero-order chi connectivity index (χ0) is 13.3. The summed E-state index contributed by atoms with van der Waals surface area (Å²) in [7, 11) is 0. The quantitative estimate of drug-likeness (QED) is 0.763. The van der Waals surface area contributed by atoms with E-state index in [0.717, 1.165) is 12.1 Å². The number of anilines is 2. The second-order valence-corrected chi connectivity index (χ2v) is 3.93. The maximum Gasteiger partial charge on any atom is 0.416 e. The third-order valence-electron chi connectivity index (χ3n) is 2.58. The van der Waals surface area contributed by atoms with E-state index < -0.39 is 11.7 Å². The molecule has 0 atom stereocenters. The van der Waals surface area contributed by atoms with Gasteiger partial charge in [-0.15, -0.1) is 0 Å². The zero-order valence-electron chi connectivity index (χ0n) is 9.33. The molecule has 0 aliphatic rings. The topological polar surface area (TPSA) is 52.0 Å².